The molecule has 0 aliphatic carbocycles. The Kier molecular flexibility index (Phi) is 49.8. The second kappa shape index (κ2) is 52.0. The number of hydrogen-bond acceptors (Lipinski definition) is 6. The van der Waals surface area contributed by atoms with Crippen LogP contribution in [0.4, 0.5) is 0 Å². The Morgan fingerprint density at radius 3 is 0.937 bits per heavy atom. The minimum absolute atomic E-state index is 0.0771. The fraction of sp³-hybridized carbons (Fsp3) is 0.807. The molecule has 1 atom stereocenters. The lowest BCUT2D eigenvalue weighted by atomic mass is 10.1. The SMILES string of the molecule is CCCCC/C=C\C/C=C\C/C=C\CCCCCCCCC(=O)OCC(COC(=O)CCCCCCCCCCC)OC(=O)CCCCCCCCC/C=C\CCCCCCCC. The third-order valence-corrected chi connectivity index (χ3v) is 11.8. The van der Waals surface area contributed by atoms with E-state index < -0.39 is 6.10 Å². The first-order valence-corrected chi connectivity index (χ1v) is 27.1. The van der Waals surface area contributed by atoms with Gasteiger partial charge in [0.15, 0.2) is 6.10 Å². The maximum Gasteiger partial charge on any atom is 0.306 e. The van der Waals surface area contributed by atoms with Crippen LogP contribution in [0, 0.1) is 0 Å². The van der Waals surface area contributed by atoms with Crippen LogP contribution < -0.4 is 0 Å². The molecule has 0 N–H and O–H groups in total. The van der Waals surface area contributed by atoms with Gasteiger partial charge in [-0.2, -0.15) is 0 Å². The second-order valence-corrected chi connectivity index (χ2v) is 18.1. The van der Waals surface area contributed by atoms with Crippen LogP contribution in [0.15, 0.2) is 48.6 Å². The van der Waals surface area contributed by atoms with E-state index in [9.17, 15) is 14.4 Å². The van der Waals surface area contributed by atoms with E-state index in [0.29, 0.717) is 19.3 Å². The van der Waals surface area contributed by atoms with Crippen LogP contribution in [0.25, 0.3) is 0 Å². The van der Waals surface area contributed by atoms with Crippen molar-refractivity contribution in [2.24, 2.45) is 0 Å². The lowest BCUT2D eigenvalue weighted by Crippen LogP contribution is -2.30. The van der Waals surface area contributed by atoms with Gasteiger partial charge in [0.2, 0.25) is 0 Å². The van der Waals surface area contributed by atoms with Crippen molar-refractivity contribution in [3.63, 3.8) is 0 Å². The highest BCUT2D eigenvalue weighted by Gasteiger charge is 2.19. The summed E-state index contributed by atoms with van der Waals surface area (Å²) >= 11 is 0. The topological polar surface area (TPSA) is 78.9 Å². The summed E-state index contributed by atoms with van der Waals surface area (Å²) in [6, 6.07) is 0. The molecule has 63 heavy (non-hydrogen) atoms. The standard InChI is InChI=1S/C57H102O6/c1-4-7-10-13-16-19-21-23-25-27-28-30-31-33-35-38-41-44-47-50-56(59)62-53-54(52-61-55(58)49-46-43-40-37-18-15-12-9-6-3)63-57(60)51-48-45-42-39-36-34-32-29-26-24-22-20-17-14-11-8-5-2/h16,19,23-26,28,30,54H,4-15,17-18,20-22,27,29,31-53H2,1-3H3/b19-16-,25-23-,26-24-,30-28-. The number of ether oxygens (including phenoxy) is 3. The van der Waals surface area contributed by atoms with Gasteiger partial charge < -0.3 is 14.2 Å². The first-order valence-electron chi connectivity index (χ1n) is 27.1. The minimum atomic E-state index is -0.777. The van der Waals surface area contributed by atoms with Gasteiger partial charge in [0.1, 0.15) is 13.2 Å². The molecule has 0 saturated heterocycles. The molecule has 0 bridgehead atoms. The van der Waals surface area contributed by atoms with E-state index in [-0.39, 0.29) is 31.1 Å². The van der Waals surface area contributed by atoms with Crippen molar-refractivity contribution in [1.29, 1.82) is 0 Å². The fourth-order valence-corrected chi connectivity index (χ4v) is 7.68. The van der Waals surface area contributed by atoms with Gasteiger partial charge in [-0.15, -0.1) is 0 Å². The molecule has 0 aromatic carbocycles. The fourth-order valence-electron chi connectivity index (χ4n) is 7.68. The zero-order valence-electron chi connectivity index (χ0n) is 41.8. The summed E-state index contributed by atoms with van der Waals surface area (Å²) in [6.45, 7) is 6.59. The summed E-state index contributed by atoms with van der Waals surface area (Å²) in [5, 5.41) is 0. The number of carbonyl (C=O) groups is 3. The maximum absolute atomic E-state index is 12.8. The monoisotopic (exact) mass is 883 g/mol. The number of hydrogen-bond donors (Lipinski definition) is 0. The molecule has 0 aliphatic heterocycles. The van der Waals surface area contributed by atoms with Crippen LogP contribution in [0.3, 0.4) is 0 Å². The number of rotatable bonds is 49. The van der Waals surface area contributed by atoms with Crippen molar-refractivity contribution >= 4 is 17.9 Å². The van der Waals surface area contributed by atoms with E-state index in [1.807, 2.05) is 0 Å². The number of esters is 3. The van der Waals surface area contributed by atoms with Gasteiger partial charge >= 0.3 is 17.9 Å². The quantitative estimate of drug-likeness (QED) is 0.0262. The Bertz CT molecular complexity index is 1110. The Hall–Kier alpha value is -2.63. The largest absolute Gasteiger partial charge is 0.462 e. The highest BCUT2D eigenvalue weighted by atomic mass is 16.6. The number of unbranched alkanes of at least 4 members (excludes halogenated alkanes) is 30. The van der Waals surface area contributed by atoms with Crippen molar-refractivity contribution in [3.05, 3.63) is 48.6 Å². The van der Waals surface area contributed by atoms with E-state index in [1.165, 1.54) is 161 Å². The van der Waals surface area contributed by atoms with Crippen LogP contribution in [-0.4, -0.2) is 37.2 Å². The normalized spacial score (nSPS) is 12.4. The molecule has 0 amide bonds. The molecule has 0 aliphatic rings. The average molecular weight is 883 g/mol. The van der Waals surface area contributed by atoms with E-state index in [0.717, 1.165) is 77.0 Å². The smallest absolute Gasteiger partial charge is 0.306 e. The molecule has 0 aromatic heterocycles. The van der Waals surface area contributed by atoms with Crippen molar-refractivity contribution in [2.75, 3.05) is 13.2 Å². The van der Waals surface area contributed by atoms with Gasteiger partial charge in [-0.3, -0.25) is 14.4 Å². The molecule has 0 fully saturated rings. The summed E-state index contributed by atoms with van der Waals surface area (Å²) in [4.78, 5) is 38.0. The van der Waals surface area contributed by atoms with E-state index in [4.69, 9.17) is 14.2 Å². The summed E-state index contributed by atoms with van der Waals surface area (Å²) in [7, 11) is 0. The van der Waals surface area contributed by atoms with Crippen LogP contribution >= 0.6 is 0 Å². The number of carbonyl (C=O) groups excluding carboxylic acids is 3. The summed E-state index contributed by atoms with van der Waals surface area (Å²) < 4.78 is 16.8. The molecule has 1 unspecified atom stereocenters. The summed E-state index contributed by atoms with van der Waals surface area (Å²) in [5.41, 5.74) is 0. The Morgan fingerprint density at radius 1 is 0.317 bits per heavy atom. The van der Waals surface area contributed by atoms with Crippen LogP contribution in [-0.2, 0) is 28.6 Å². The molecular formula is C57H102O6. The average Bonchev–Trinajstić information content (AvgIpc) is 3.28. The third kappa shape index (κ3) is 50.2. The highest BCUT2D eigenvalue weighted by Crippen LogP contribution is 2.15. The molecule has 366 valence electrons. The van der Waals surface area contributed by atoms with E-state index in [2.05, 4.69) is 69.4 Å². The molecule has 6 nitrogen and oxygen atoms in total. The lowest BCUT2D eigenvalue weighted by Gasteiger charge is -2.18. The Labute approximate surface area is 390 Å². The number of allylic oxidation sites excluding steroid dienone is 8. The van der Waals surface area contributed by atoms with Crippen LogP contribution in [0.2, 0.25) is 0 Å². The summed E-state index contributed by atoms with van der Waals surface area (Å²) in [6.07, 6.45) is 62.4. The van der Waals surface area contributed by atoms with Gasteiger partial charge in [0.05, 0.1) is 0 Å². The van der Waals surface area contributed by atoms with E-state index >= 15 is 0 Å². The molecule has 0 radical (unpaired) electrons. The second-order valence-electron chi connectivity index (χ2n) is 18.1. The van der Waals surface area contributed by atoms with Crippen molar-refractivity contribution in [1.82, 2.24) is 0 Å². The Balaban J connectivity index is 4.32. The van der Waals surface area contributed by atoms with Crippen molar-refractivity contribution < 1.29 is 28.6 Å². The minimum Gasteiger partial charge on any atom is -0.462 e. The van der Waals surface area contributed by atoms with Gasteiger partial charge in [-0.1, -0.05) is 223 Å². The third-order valence-electron chi connectivity index (χ3n) is 11.8. The van der Waals surface area contributed by atoms with Gasteiger partial charge in [-0.25, -0.2) is 0 Å². The molecule has 6 heteroatoms. The molecule has 0 saturated carbocycles. The molecule has 0 aromatic rings. The van der Waals surface area contributed by atoms with Crippen LogP contribution in [0.1, 0.15) is 278 Å². The predicted octanol–water partition coefficient (Wildman–Crippen LogP) is 17.9. The highest BCUT2D eigenvalue weighted by molar-refractivity contribution is 5.71. The molecular weight excluding hydrogens is 781 g/mol. The molecule has 0 rings (SSSR count). The van der Waals surface area contributed by atoms with Gasteiger partial charge in [-0.05, 0) is 83.5 Å². The maximum atomic E-state index is 12.8. The zero-order chi connectivity index (χ0) is 45.8. The Morgan fingerprint density at radius 2 is 0.571 bits per heavy atom. The first-order chi connectivity index (χ1) is 31.0. The van der Waals surface area contributed by atoms with Crippen LogP contribution in [0.5, 0.6) is 0 Å². The van der Waals surface area contributed by atoms with E-state index in [1.54, 1.807) is 0 Å². The summed E-state index contributed by atoms with van der Waals surface area (Å²) in [5.74, 6) is -0.888. The van der Waals surface area contributed by atoms with Crippen molar-refractivity contribution in [2.45, 2.75) is 284 Å². The lowest BCUT2D eigenvalue weighted by molar-refractivity contribution is -0.167. The van der Waals surface area contributed by atoms with Gasteiger partial charge in [0.25, 0.3) is 0 Å². The van der Waals surface area contributed by atoms with Gasteiger partial charge in [0, 0.05) is 19.3 Å². The van der Waals surface area contributed by atoms with Crippen molar-refractivity contribution in [3.8, 4) is 0 Å². The first kappa shape index (κ1) is 60.4. The molecule has 0 spiro atoms. The zero-order valence-corrected chi connectivity index (χ0v) is 41.8. The predicted molar refractivity (Wildman–Crippen MR) is 270 cm³/mol. The molecule has 0 heterocycles.